The maximum absolute atomic E-state index is 12.8. The van der Waals surface area contributed by atoms with Gasteiger partial charge in [-0.25, -0.2) is 8.42 Å². The van der Waals surface area contributed by atoms with Crippen LogP contribution in [0, 0.1) is 6.92 Å². The van der Waals surface area contributed by atoms with Crippen LogP contribution in [0.25, 0.3) is 0 Å². The molecule has 0 saturated heterocycles. The summed E-state index contributed by atoms with van der Waals surface area (Å²) in [7, 11) is -3.80. The van der Waals surface area contributed by atoms with Gasteiger partial charge in [-0.15, -0.1) is 0 Å². The lowest BCUT2D eigenvalue weighted by Gasteiger charge is -2.14. The first-order valence-corrected chi connectivity index (χ1v) is 10.2. The predicted octanol–water partition coefficient (Wildman–Crippen LogP) is 3.15. The lowest BCUT2D eigenvalue weighted by molar-refractivity contribution is 0.100. The summed E-state index contributed by atoms with van der Waals surface area (Å²) in [6.45, 7) is 1.64. The second kappa shape index (κ2) is 8.15. The minimum Gasteiger partial charge on any atom is -0.366 e. The van der Waals surface area contributed by atoms with E-state index >= 15 is 0 Å². The average Bonchev–Trinajstić information content (AvgIpc) is 2.70. The number of primary amides is 1. The first-order valence-electron chi connectivity index (χ1n) is 8.67. The van der Waals surface area contributed by atoms with Crippen molar-refractivity contribution in [2.75, 3.05) is 10.0 Å². The van der Waals surface area contributed by atoms with Crippen LogP contribution in [0.5, 0.6) is 0 Å². The third-order valence-electron chi connectivity index (χ3n) is 4.32. The van der Waals surface area contributed by atoms with Crippen molar-refractivity contribution in [3.05, 3.63) is 89.5 Å². The van der Waals surface area contributed by atoms with Crippen LogP contribution in [0.2, 0.25) is 0 Å². The Hall–Kier alpha value is -3.65. The van der Waals surface area contributed by atoms with Crippen LogP contribution < -0.4 is 15.8 Å². The molecule has 0 heterocycles. The van der Waals surface area contributed by atoms with Crippen LogP contribution in [0.15, 0.2) is 77.7 Å². The van der Waals surface area contributed by atoms with Gasteiger partial charge < -0.3 is 11.1 Å². The van der Waals surface area contributed by atoms with E-state index in [-0.39, 0.29) is 27.4 Å². The van der Waals surface area contributed by atoms with Crippen LogP contribution >= 0.6 is 0 Å². The highest BCUT2D eigenvalue weighted by molar-refractivity contribution is 7.92. The van der Waals surface area contributed by atoms with Crippen LogP contribution in [0.4, 0.5) is 11.4 Å². The van der Waals surface area contributed by atoms with E-state index in [4.69, 9.17) is 5.73 Å². The number of benzene rings is 3. The molecule has 0 saturated carbocycles. The summed E-state index contributed by atoms with van der Waals surface area (Å²) in [6.07, 6.45) is 0. The number of carbonyl (C=O) groups excluding carboxylic acids is 2. The fourth-order valence-corrected chi connectivity index (χ4v) is 3.94. The molecule has 4 N–H and O–H groups in total. The van der Waals surface area contributed by atoms with Gasteiger partial charge in [-0.05, 0) is 48.9 Å². The number of hydrogen-bond donors (Lipinski definition) is 3. The summed E-state index contributed by atoms with van der Waals surface area (Å²) >= 11 is 0. The molecule has 0 unspecified atom stereocenters. The Labute approximate surface area is 168 Å². The Balaban J connectivity index is 1.89. The number of sulfonamides is 1. The zero-order valence-corrected chi connectivity index (χ0v) is 16.4. The second-order valence-electron chi connectivity index (χ2n) is 6.26. The number of amides is 2. The van der Waals surface area contributed by atoms with Crippen molar-refractivity contribution in [1.29, 1.82) is 0 Å². The van der Waals surface area contributed by atoms with E-state index in [2.05, 4.69) is 10.0 Å². The smallest absolute Gasteiger partial charge is 0.261 e. The molecule has 29 heavy (non-hydrogen) atoms. The molecule has 2 amide bonds. The Kier molecular flexibility index (Phi) is 5.65. The molecule has 0 spiro atoms. The number of carbonyl (C=O) groups is 2. The van der Waals surface area contributed by atoms with E-state index in [1.807, 2.05) is 0 Å². The molecular formula is C21H19N3O4S. The van der Waals surface area contributed by atoms with Crippen molar-refractivity contribution in [2.45, 2.75) is 11.8 Å². The van der Waals surface area contributed by atoms with E-state index < -0.39 is 21.8 Å². The molecule has 7 nitrogen and oxygen atoms in total. The Morgan fingerprint density at radius 1 is 0.793 bits per heavy atom. The van der Waals surface area contributed by atoms with Crippen LogP contribution in [-0.4, -0.2) is 20.2 Å². The average molecular weight is 409 g/mol. The topological polar surface area (TPSA) is 118 Å². The Bertz CT molecular complexity index is 1180. The third-order valence-corrected chi connectivity index (χ3v) is 5.70. The first-order chi connectivity index (χ1) is 13.8. The summed E-state index contributed by atoms with van der Waals surface area (Å²) in [6, 6.07) is 19.0. The van der Waals surface area contributed by atoms with Gasteiger partial charge in [0.15, 0.2) is 0 Å². The third kappa shape index (κ3) is 4.44. The number of hydrogen-bond acceptors (Lipinski definition) is 4. The molecule has 3 rings (SSSR count). The van der Waals surface area contributed by atoms with Crippen LogP contribution in [-0.2, 0) is 10.0 Å². The van der Waals surface area contributed by atoms with E-state index in [9.17, 15) is 18.0 Å². The molecule has 0 aromatic heterocycles. The van der Waals surface area contributed by atoms with Gasteiger partial charge >= 0.3 is 0 Å². The van der Waals surface area contributed by atoms with E-state index in [0.29, 0.717) is 5.56 Å². The molecule has 0 aliphatic heterocycles. The van der Waals surface area contributed by atoms with Gasteiger partial charge in [0.1, 0.15) is 0 Å². The maximum atomic E-state index is 12.8. The number of rotatable bonds is 6. The largest absolute Gasteiger partial charge is 0.366 e. The van der Waals surface area contributed by atoms with Crippen molar-refractivity contribution in [1.82, 2.24) is 0 Å². The predicted molar refractivity (Wildman–Crippen MR) is 111 cm³/mol. The lowest BCUT2D eigenvalue weighted by atomic mass is 10.1. The zero-order valence-electron chi connectivity index (χ0n) is 15.5. The molecule has 0 radical (unpaired) electrons. The van der Waals surface area contributed by atoms with Gasteiger partial charge in [-0.3, -0.25) is 14.3 Å². The molecule has 0 fully saturated rings. The molecule has 8 heteroatoms. The Morgan fingerprint density at radius 3 is 2.07 bits per heavy atom. The molecule has 0 bridgehead atoms. The number of nitrogens with one attached hydrogen (secondary N) is 2. The normalized spacial score (nSPS) is 10.9. The number of para-hydroxylation sites is 1. The lowest BCUT2D eigenvalue weighted by Crippen LogP contribution is -2.20. The van der Waals surface area contributed by atoms with Crippen molar-refractivity contribution < 1.29 is 18.0 Å². The minimum atomic E-state index is -3.80. The van der Waals surface area contributed by atoms with Crippen molar-refractivity contribution in [3.63, 3.8) is 0 Å². The molecular weight excluding hydrogens is 390 g/mol. The minimum absolute atomic E-state index is 0.115. The first kappa shape index (κ1) is 20.1. The summed E-state index contributed by atoms with van der Waals surface area (Å²) in [4.78, 5) is 24.4. The molecule has 0 atom stereocenters. The van der Waals surface area contributed by atoms with Gasteiger partial charge in [-0.1, -0.05) is 36.4 Å². The molecule has 0 aliphatic carbocycles. The van der Waals surface area contributed by atoms with Crippen LogP contribution in [0.3, 0.4) is 0 Å². The van der Waals surface area contributed by atoms with E-state index in [0.717, 1.165) is 0 Å². The van der Waals surface area contributed by atoms with Crippen LogP contribution in [0.1, 0.15) is 26.3 Å². The standard InChI is InChI=1S/C21H19N3O4S/c1-14-16(21(26)23-19-12-6-5-10-17(19)20(22)25)11-7-13-18(14)24-29(27,28)15-8-3-2-4-9-15/h2-13,24H,1H3,(H2,22,25)(H,23,26). The highest BCUT2D eigenvalue weighted by Crippen LogP contribution is 2.24. The fourth-order valence-electron chi connectivity index (χ4n) is 2.79. The van der Waals surface area contributed by atoms with E-state index in [1.165, 1.54) is 18.2 Å². The molecule has 3 aromatic rings. The fraction of sp³-hybridized carbons (Fsp3) is 0.0476. The van der Waals surface area contributed by atoms with Gasteiger partial charge in [0.25, 0.3) is 21.8 Å². The van der Waals surface area contributed by atoms with Crippen molar-refractivity contribution >= 4 is 33.2 Å². The molecule has 148 valence electrons. The van der Waals surface area contributed by atoms with Gasteiger partial charge in [-0.2, -0.15) is 0 Å². The summed E-state index contributed by atoms with van der Waals surface area (Å²) in [5, 5.41) is 2.65. The summed E-state index contributed by atoms with van der Waals surface area (Å²) in [5.74, 6) is -1.15. The summed E-state index contributed by atoms with van der Waals surface area (Å²) < 4.78 is 27.7. The van der Waals surface area contributed by atoms with Gasteiger partial charge in [0, 0.05) is 5.56 Å². The second-order valence-corrected chi connectivity index (χ2v) is 7.94. The van der Waals surface area contributed by atoms with Gasteiger partial charge in [0.05, 0.1) is 21.8 Å². The highest BCUT2D eigenvalue weighted by Gasteiger charge is 2.19. The molecule has 3 aromatic carbocycles. The zero-order chi connectivity index (χ0) is 21.0. The number of anilines is 2. The Morgan fingerprint density at radius 2 is 1.38 bits per heavy atom. The highest BCUT2D eigenvalue weighted by atomic mass is 32.2. The van der Waals surface area contributed by atoms with Gasteiger partial charge in [0.2, 0.25) is 0 Å². The monoisotopic (exact) mass is 409 g/mol. The SMILES string of the molecule is Cc1c(NS(=O)(=O)c2ccccc2)cccc1C(=O)Nc1ccccc1C(N)=O. The summed E-state index contributed by atoms with van der Waals surface area (Å²) in [5.41, 5.74) is 6.79. The van der Waals surface area contributed by atoms with Crippen molar-refractivity contribution in [3.8, 4) is 0 Å². The maximum Gasteiger partial charge on any atom is 0.261 e. The van der Waals surface area contributed by atoms with E-state index in [1.54, 1.807) is 61.5 Å². The quantitative estimate of drug-likeness (QED) is 0.579. The van der Waals surface area contributed by atoms with Crippen molar-refractivity contribution in [2.24, 2.45) is 5.73 Å². The molecule has 0 aliphatic rings. The number of nitrogens with two attached hydrogens (primary N) is 1.